The molecule has 24 heavy (non-hydrogen) atoms. The normalized spacial score (nSPS) is 12.3. The number of amides is 2. The van der Waals surface area contributed by atoms with Crippen LogP contribution in [0.4, 0.5) is 5.69 Å². The lowest BCUT2D eigenvalue weighted by Crippen LogP contribution is -2.24. The third kappa shape index (κ3) is 3.03. The second-order valence-corrected chi connectivity index (χ2v) is 5.44. The summed E-state index contributed by atoms with van der Waals surface area (Å²) in [6, 6.07) is 10.8. The van der Waals surface area contributed by atoms with Crippen molar-refractivity contribution in [1.82, 2.24) is 5.32 Å². The fourth-order valence-corrected chi connectivity index (χ4v) is 2.74. The Balaban J connectivity index is 1.75. The van der Waals surface area contributed by atoms with Crippen LogP contribution in [0.2, 0.25) is 0 Å². The van der Waals surface area contributed by atoms with Gasteiger partial charge in [-0.15, -0.1) is 0 Å². The van der Waals surface area contributed by atoms with Crippen LogP contribution in [0.25, 0.3) is 0 Å². The molecule has 0 spiro atoms. The van der Waals surface area contributed by atoms with E-state index in [0.717, 1.165) is 16.8 Å². The highest BCUT2D eigenvalue weighted by molar-refractivity contribution is 6.00. The molecule has 2 aromatic carbocycles. The fourth-order valence-electron chi connectivity index (χ4n) is 2.74. The van der Waals surface area contributed by atoms with Crippen LogP contribution in [0, 0.1) is 0 Å². The van der Waals surface area contributed by atoms with Gasteiger partial charge in [0.25, 0.3) is 5.91 Å². The maximum absolute atomic E-state index is 12.5. The Morgan fingerprint density at radius 2 is 1.88 bits per heavy atom. The van der Waals surface area contributed by atoms with Crippen molar-refractivity contribution >= 4 is 17.5 Å². The van der Waals surface area contributed by atoms with Gasteiger partial charge >= 0.3 is 0 Å². The van der Waals surface area contributed by atoms with Gasteiger partial charge in [-0.2, -0.15) is 0 Å². The molecule has 0 fully saturated rings. The van der Waals surface area contributed by atoms with Gasteiger partial charge in [-0.1, -0.05) is 18.2 Å². The first-order chi connectivity index (χ1) is 11.6. The molecule has 6 nitrogen and oxygen atoms in total. The zero-order valence-electron chi connectivity index (χ0n) is 13.5. The highest BCUT2D eigenvalue weighted by atomic mass is 16.5. The fraction of sp³-hybridized carbons (Fsp3) is 0.222. The number of carbonyl (C=O) groups excluding carboxylic acids is 2. The monoisotopic (exact) mass is 326 g/mol. The van der Waals surface area contributed by atoms with Crippen LogP contribution in [-0.2, 0) is 17.8 Å². The zero-order chi connectivity index (χ0) is 17.1. The lowest BCUT2D eigenvalue weighted by Gasteiger charge is -2.13. The van der Waals surface area contributed by atoms with E-state index in [1.165, 1.54) is 14.2 Å². The van der Waals surface area contributed by atoms with Gasteiger partial charge in [0.15, 0.2) is 0 Å². The van der Waals surface area contributed by atoms with E-state index < -0.39 is 0 Å². The first-order valence-corrected chi connectivity index (χ1v) is 7.53. The van der Waals surface area contributed by atoms with Gasteiger partial charge in [-0.3, -0.25) is 9.59 Å². The molecule has 0 atom stereocenters. The molecule has 0 bridgehead atoms. The Kier molecular flexibility index (Phi) is 4.37. The van der Waals surface area contributed by atoms with Crippen LogP contribution in [0.1, 0.15) is 21.5 Å². The zero-order valence-corrected chi connectivity index (χ0v) is 13.5. The molecule has 1 aliphatic heterocycles. The molecular weight excluding hydrogens is 308 g/mol. The van der Waals surface area contributed by atoms with Crippen molar-refractivity contribution in [1.29, 1.82) is 0 Å². The number of benzene rings is 2. The quantitative estimate of drug-likeness (QED) is 0.882. The average Bonchev–Trinajstić information content (AvgIpc) is 2.97. The minimum atomic E-state index is -0.279. The lowest BCUT2D eigenvalue weighted by atomic mass is 10.1. The smallest absolute Gasteiger partial charge is 0.259 e. The van der Waals surface area contributed by atoms with Crippen molar-refractivity contribution in [3.8, 4) is 11.5 Å². The number of anilines is 1. The predicted octanol–water partition coefficient (Wildman–Crippen LogP) is 2.13. The van der Waals surface area contributed by atoms with E-state index in [0.29, 0.717) is 30.0 Å². The van der Waals surface area contributed by atoms with Gasteiger partial charge in [-0.25, -0.2) is 0 Å². The van der Waals surface area contributed by atoms with Crippen molar-refractivity contribution in [2.75, 3.05) is 19.5 Å². The summed E-state index contributed by atoms with van der Waals surface area (Å²) in [7, 11) is 3.02. The highest BCUT2D eigenvalue weighted by Gasteiger charge is 2.19. The van der Waals surface area contributed by atoms with E-state index in [2.05, 4.69) is 10.6 Å². The van der Waals surface area contributed by atoms with Crippen molar-refractivity contribution in [3.63, 3.8) is 0 Å². The topological polar surface area (TPSA) is 76.7 Å². The molecule has 0 aliphatic carbocycles. The Bertz CT molecular complexity index is 779. The first-order valence-electron chi connectivity index (χ1n) is 7.53. The summed E-state index contributed by atoms with van der Waals surface area (Å²) < 4.78 is 10.5. The molecule has 0 aromatic heterocycles. The number of rotatable bonds is 5. The second kappa shape index (κ2) is 6.62. The van der Waals surface area contributed by atoms with E-state index in [1.54, 1.807) is 18.2 Å². The molecule has 1 aliphatic rings. The maximum Gasteiger partial charge on any atom is 0.259 e. The molecule has 0 unspecified atom stereocenters. The van der Waals surface area contributed by atoms with Crippen molar-refractivity contribution in [3.05, 3.63) is 53.1 Å². The first kappa shape index (κ1) is 15.9. The molecular formula is C18H18N2O4. The third-order valence-electron chi connectivity index (χ3n) is 3.90. The molecule has 6 heteroatoms. The van der Waals surface area contributed by atoms with Crippen molar-refractivity contribution < 1.29 is 19.1 Å². The van der Waals surface area contributed by atoms with E-state index >= 15 is 0 Å². The van der Waals surface area contributed by atoms with Crippen LogP contribution in [0.15, 0.2) is 36.4 Å². The van der Waals surface area contributed by atoms with Crippen molar-refractivity contribution in [2.24, 2.45) is 0 Å². The molecule has 1 heterocycles. The molecule has 2 aromatic rings. The molecule has 0 saturated heterocycles. The van der Waals surface area contributed by atoms with Gasteiger partial charge < -0.3 is 20.1 Å². The molecule has 0 saturated carbocycles. The SMILES string of the molecule is COc1cccc(OC)c1C(=O)NCc1ccc2c(c1)CC(=O)N2. The number of methoxy groups -OCH3 is 2. The van der Waals surface area contributed by atoms with Gasteiger partial charge in [0, 0.05) is 12.2 Å². The number of nitrogens with one attached hydrogen (secondary N) is 2. The van der Waals surface area contributed by atoms with Gasteiger partial charge in [0.1, 0.15) is 17.1 Å². The maximum atomic E-state index is 12.5. The average molecular weight is 326 g/mol. The second-order valence-electron chi connectivity index (χ2n) is 5.44. The summed E-state index contributed by atoms with van der Waals surface area (Å²) in [5.41, 5.74) is 3.07. The standard InChI is InChI=1S/C18H18N2O4/c1-23-14-4-3-5-15(24-2)17(14)18(22)19-10-11-6-7-13-12(8-11)9-16(21)20-13/h3-8H,9-10H2,1-2H3,(H,19,22)(H,20,21). The molecule has 2 N–H and O–H groups in total. The molecule has 2 amide bonds. The van der Waals surface area contributed by atoms with Crippen LogP contribution in [0.3, 0.4) is 0 Å². The minimum absolute atomic E-state index is 0.00931. The van der Waals surface area contributed by atoms with E-state index in [4.69, 9.17) is 9.47 Å². The number of hydrogen-bond acceptors (Lipinski definition) is 4. The van der Waals surface area contributed by atoms with Crippen LogP contribution in [-0.4, -0.2) is 26.0 Å². The summed E-state index contributed by atoms with van der Waals surface area (Å²) in [4.78, 5) is 23.9. The predicted molar refractivity (Wildman–Crippen MR) is 89.5 cm³/mol. The molecule has 0 radical (unpaired) electrons. The van der Waals surface area contributed by atoms with Crippen LogP contribution < -0.4 is 20.1 Å². The van der Waals surface area contributed by atoms with E-state index in [1.807, 2.05) is 18.2 Å². The third-order valence-corrected chi connectivity index (χ3v) is 3.90. The number of ether oxygens (including phenoxy) is 2. The number of fused-ring (bicyclic) bond motifs is 1. The number of hydrogen-bond donors (Lipinski definition) is 2. The van der Waals surface area contributed by atoms with Gasteiger partial charge in [0.05, 0.1) is 20.6 Å². The van der Waals surface area contributed by atoms with Crippen LogP contribution >= 0.6 is 0 Å². The van der Waals surface area contributed by atoms with Gasteiger partial charge in [-0.05, 0) is 29.3 Å². The minimum Gasteiger partial charge on any atom is -0.496 e. The van der Waals surface area contributed by atoms with Crippen LogP contribution in [0.5, 0.6) is 11.5 Å². The largest absolute Gasteiger partial charge is 0.496 e. The van der Waals surface area contributed by atoms with E-state index in [9.17, 15) is 9.59 Å². The van der Waals surface area contributed by atoms with E-state index in [-0.39, 0.29) is 11.8 Å². The van der Waals surface area contributed by atoms with Gasteiger partial charge in [0.2, 0.25) is 5.91 Å². The summed E-state index contributed by atoms with van der Waals surface area (Å²) in [6.45, 7) is 0.349. The summed E-state index contributed by atoms with van der Waals surface area (Å²) in [5.74, 6) is 0.621. The molecule has 3 rings (SSSR count). The molecule has 124 valence electrons. The Hall–Kier alpha value is -3.02. The lowest BCUT2D eigenvalue weighted by molar-refractivity contribution is -0.115. The summed E-state index contributed by atoms with van der Waals surface area (Å²) in [5, 5.41) is 5.65. The Morgan fingerprint density at radius 1 is 1.17 bits per heavy atom. The summed E-state index contributed by atoms with van der Waals surface area (Å²) >= 11 is 0. The van der Waals surface area contributed by atoms with Crippen molar-refractivity contribution in [2.45, 2.75) is 13.0 Å². The summed E-state index contributed by atoms with van der Waals surface area (Å²) in [6.07, 6.45) is 0.372. The Labute approximate surface area is 139 Å². The Morgan fingerprint density at radius 3 is 2.54 bits per heavy atom. The number of carbonyl (C=O) groups is 2. The highest BCUT2D eigenvalue weighted by Crippen LogP contribution is 2.28.